The molecular formula is C25H22N4O2S. The van der Waals surface area contributed by atoms with Crippen LogP contribution in [0.25, 0.3) is 5.69 Å². The maximum atomic E-state index is 9.74. The van der Waals surface area contributed by atoms with E-state index in [1.807, 2.05) is 66.9 Å². The maximum Gasteiger partial charge on any atom is 0.174 e. The molecule has 160 valence electrons. The Labute approximate surface area is 191 Å². The Morgan fingerprint density at radius 1 is 0.969 bits per heavy atom. The van der Waals surface area contributed by atoms with Crippen molar-refractivity contribution in [2.45, 2.75) is 12.1 Å². The summed E-state index contributed by atoms with van der Waals surface area (Å²) in [6, 6.07) is 24.7. The Kier molecular flexibility index (Phi) is 5.25. The Morgan fingerprint density at radius 2 is 1.81 bits per heavy atom. The number of phenolic OH excluding ortho intramolecular Hbond substituents is 1. The molecule has 2 N–H and O–H groups in total. The fourth-order valence-electron chi connectivity index (χ4n) is 4.18. The van der Waals surface area contributed by atoms with Gasteiger partial charge in [0.2, 0.25) is 0 Å². The Morgan fingerprint density at radius 3 is 2.56 bits per heavy atom. The van der Waals surface area contributed by atoms with Gasteiger partial charge < -0.3 is 24.6 Å². The van der Waals surface area contributed by atoms with Gasteiger partial charge in [0.25, 0.3) is 0 Å². The van der Waals surface area contributed by atoms with Crippen molar-refractivity contribution in [1.82, 2.24) is 14.9 Å². The van der Waals surface area contributed by atoms with E-state index in [2.05, 4.69) is 25.8 Å². The van der Waals surface area contributed by atoms with Crippen LogP contribution in [0.1, 0.15) is 23.5 Å². The van der Waals surface area contributed by atoms with Crippen LogP contribution in [0.4, 0.5) is 5.69 Å². The number of phenols is 1. The van der Waals surface area contributed by atoms with E-state index in [-0.39, 0.29) is 17.8 Å². The van der Waals surface area contributed by atoms with Gasteiger partial charge in [0.05, 0.1) is 18.8 Å². The van der Waals surface area contributed by atoms with E-state index in [4.69, 9.17) is 17.0 Å². The lowest BCUT2D eigenvalue weighted by molar-refractivity contribution is 0.414. The molecule has 6 nitrogen and oxygen atoms in total. The molecule has 0 aliphatic carbocycles. The van der Waals surface area contributed by atoms with Gasteiger partial charge in [-0.15, -0.1) is 0 Å². The van der Waals surface area contributed by atoms with E-state index >= 15 is 0 Å². The van der Waals surface area contributed by atoms with Gasteiger partial charge in [0, 0.05) is 35.5 Å². The summed E-state index contributed by atoms with van der Waals surface area (Å²) in [5.74, 6) is 0.995. The number of aromatic nitrogens is 2. The van der Waals surface area contributed by atoms with Gasteiger partial charge >= 0.3 is 0 Å². The molecule has 0 spiro atoms. The highest BCUT2D eigenvalue weighted by molar-refractivity contribution is 7.80. The number of pyridine rings is 1. The van der Waals surface area contributed by atoms with Crippen molar-refractivity contribution >= 4 is 23.0 Å². The minimum absolute atomic E-state index is 0.152. The lowest BCUT2D eigenvalue weighted by Gasteiger charge is -2.29. The average molecular weight is 443 g/mol. The van der Waals surface area contributed by atoms with Crippen molar-refractivity contribution in [3.8, 4) is 17.2 Å². The van der Waals surface area contributed by atoms with Crippen LogP contribution < -0.4 is 15.0 Å². The van der Waals surface area contributed by atoms with Crippen LogP contribution in [0, 0.1) is 0 Å². The highest BCUT2D eigenvalue weighted by Crippen LogP contribution is 2.42. The molecule has 1 fully saturated rings. The SMILES string of the molecule is COc1cccc(N2C(=S)N[C@@H](c3ccccn3)[C@@H]2c2cccn2-c2ccc(O)cc2)c1. The molecule has 0 unspecified atom stereocenters. The number of benzene rings is 2. The van der Waals surface area contributed by atoms with Gasteiger partial charge in [-0.25, -0.2) is 0 Å². The summed E-state index contributed by atoms with van der Waals surface area (Å²) in [6.07, 6.45) is 3.81. The van der Waals surface area contributed by atoms with Gasteiger partial charge in [0.1, 0.15) is 17.5 Å². The molecule has 3 heterocycles. The van der Waals surface area contributed by atoms with Crippen LogP contribution >= 0.6 is 12.2 Å². The van der Waals surface area contributed by atoms with E-state index in [9.17, 15) is 5.11 Å². The number of methoxy groups -OCH3 is 1. The number of aromatic hydroxyl groups is 1. The first-order chi connectivity index (χ1) is 15.7. The number of anilines is 1. The van der Waals surface area contributed by atoms with E-state index in [1.165, 1.54) is 0 Å². The average Bonchev–Trinajstić information content (AvgIpc) is 3.44. The molecule has 7 heteroatoms. The molecule has 1 saturated heterocycles. The molecule has 2 atom stereocenters. The van der Waals surface area contributed by atoms with Gasteiger partial charge in [-0.1, -0.05) is 12.1 Å². The summed E-state index contributed by atoms with van der Waals surface area (Å²) in [4.78, 5) is 6.73. The highest BCUT2D eigenvalue weighted by Gasteiger charge is 2.42. The first-order valence-electron chi connectivity index (χ1n) is 10.3. The summed E-state index contributed by atoms with van der Waals surface area (Å²) in [7, 11) is 1.66. The second-order valence-electron chi connectivity index (χ2n) is 7.52. The fraction of sp³-hybridized carbons (Fsp3) is 0.120. The quantitative estimate of drug-likeness (QED) is 0.435. The number of nitrogens with one attached hydrogen (secondary N) is 1. The smallest absolute Gasteiger partial charge is 0.174 e. The zero-order valence-electron chi connectivity index (χ0n) is 17.4. The molecule has 1 aliphatic rings. The number of hydrogen-bond donors (Lipinski definition) is 2. The maximum absolute atomic E-state index is 9.74. The van der Waals surface area contributed by atoms with Crippen LogP contribution in [0.5, 0.6) is 11.5 Å². The standard InChI is InChI=1S/C25H22N4O2S/c1-31-20-7-4-6-18(16-20)29-24(23(27-25(29)32)21-8-2-3-14-26-21)22-9-5-15-28(22)17-10-12-19(30)13-11-17/h2-16,23-24,30H,1H3,(H,27,32)/t23-,24-/m0/s1. The normalized spacial score (nSPS) is 17.9. The largest absolute Gasteiger partial charge is 0.508 e. The molecule has 0 amide bonds. The molecule has 0 radical (unpaired) electrons. The van der Waals surface area contributed by atoms with Crippen LogP contribution in [-0.4, -0.2) is 26.9 Å². The predicted molar refractivity (Wildman–Crippen MR) is 128 cm³/mol. The van der Waals surface area contributed by atoms with Crippen molar-refractivity contribution < 1.29 is 9.84 Å². The van der Waals surface area contributed by atoms with Crippen molar-refractivity contribution in [2.24, 2.45) is 0 Å². The van der Waals surface area contributed by atoms with Crippen molar-refractivity contribution in [1.29, 1.82) is 0 Å². The zero-order chi connectivity index (χ0) is 22.1. The number of ether oxygens (including phenoxy) is 1. The Hall–Kier alpha value is -3.84. The van der Waals surface area contributed by atoms with E-state index in [1.54, 1.807) is 25.4 Å². The molecule has 32 heavy (non-hydrogen) atoms. The molecule has 1 aliphatic heterocycles. The van der Waals surface area contributed by atoms with Crippen LogP contribution in [0.3, 0.4) is 0 Å². The molecule has 2 aromatic carbocycles. The van der Waals surface area contributed by atoms with Crippen LogP contribution in [0.15, 0.2) is 91.3 Å². The molecule has 4 aromatic rings. The molecule has 5 rings (SSSR count). The van der Waals surface area contributed by atoms with Crippen LogP contribution in [-0.2, 0) is 0 Å². The Balaban J connectivity index is 1.66. The zero-order valence-corrected chi connectivity index (χ0v) is 18.2. The van der Waals surface area contributed by atoms with Gasteiger partial charge in [-0.3, -0.25) is 4.98 Å². The van der Waals surface area contributed by atoms with Crippen LogP contribution in [0.2, 0.25) is 0 Å². The monoisotopic (exact) mass is 442 g/mol. The summed E-state index contributed by atoms with van der Waals surface area (Å²) in [5, 5.41) is 13.8. The van der Waals surface area contributed by atoms with E-state index < -0.39 is 0 Å². The topological polar surface area (TPSA) is 62.5 Å². The lowest BCUT2D eigenvalue weighted by atomic mass is 10.0. The van der Waals surface area contributed by atoms with Crippen molar-refractivity contribution in [3.63, 3.8) is 0 Å². The van der Waals surface area contributed by atoms with E-state index in [0.29, 0.717) is 5.11 Å². The summed E-state index contributed by atoms with van der Waals surface area (Å²) >= 11 is 5.81. The predicted octanol–water partition coefficient (Wildman–Crippen LogP) is 4.76. The number of thiocarbonyl (C=S) groups is 1. The summed E-state index contributed by atoms with van der Waals surface area (Å²) < 4.78 is 7.57. The van der Waals surface area contributed by atoms with Crippen molar-refractivity contribution in [3.05, 3.63) is 103 Å². The summed E-state index contributed by atoms with van der Waals surface area (Å²) in [5.41, 5.74) is 3.83. The molecule has 0 bridgehead atoms. The molecular weight excluding hydrogens is 420 g/mol. The number of nitrogens with zero attached hydrogens (tertiary/aromatic N) is 3. The highest BCUT2D eigenvalue weighted by atomic mass is 32.1. The Bertz CT molecular complexity index is 1240. The number of hydrogen-bond acceptors (Lipinski definition) is 4. The second-order valence-corrected chi connectivity index (χ2v) is 7.90. The van der Waals surface area contributed by atoms with E-state index in [0.717, 1.165) is 28.5 Å². The second kappa shape index (κ2) is 8.36. The number of rotatable bonds is 5. The third-order valence-electron chi connectivity index (χ3n) is 5.64. The first kappa shape index (κ1) is 20.1. The minimum atomic E-state index is -0.159. The molecule has 0 saturated carbocycles. The lowest BCUT2D eigenvalue weighted by Crippen LogP contribution is -2.30. The third kappa shape index (κ3) is 3.56. The fourth-order valence-corrected chi connectivity index (χ4v) is 4.52. The van der Waals surface area contributed by atoms with Gasteiger partial charge in [-0.05, 0) is 72.9 Å². The van der Waals surface area contributed by atoms with Gasteiger partial charge in [-0.2, -0.15) is 0 Å². The summed E-state index contributed by atoms with van der Waals surface area (Å²) in [6.45, 7) is 0. The third-order valence-corrected chi connectivity index (χ3v) is 5.96. The van der Waals surface area contributed by atoms with Crippen molar-refractivity contribution in [2.75, 3.05) is 12.0 Å². The van der Waals surface area contributed by atoms with Gasteiger partial charge in [0.15, 0.2) is 5.11 Å². The minimum Gasteiger partial charge on any atom is -0.508 e. The molecule has 2 aromatic heterocycles. The first-order valence-corrected chi connectivity index (χ1v) is 10.7.